The number of benzene rings is 1. The fourth-order valence-electron chi connectivity index (χ4n) is 3.82. The number of pyridine rings is 1. The van der Waals surface area contributed by atoms with Crippen LogP contribution in [-0.4, -0.2) is 47.0 Å². The van der Waals surface area contributed by atoms with E-state index in [1.54, 1.807) is 18.7 Å². The number of morpholine rings is 1. The molecule has 0 radical (unpaired) electrons. The van der Waals surface area contributed by atoms with Crippen LogP contribution in [0.2, 0.25) is 0 Å². The highest BCUT2D eigenvalue weighted by molar-refractivity contribution is 5.94. The molecular formula is C20H23F2N3O4. The summed E-state index contributed by atoms with van der Waals surface area (Å²) in [5, 5.41) is 9.06. The quantitative estimate of drug-likeness (QED) is 0.807. The number of nitrogens with two attached hydrogens (primary N) is 1. The third-order valence-electron chi connectivity index (χ3n) is 5.57. The van der Waals surface area contributed by atoms with Crippen LogP contribution >= 0.6 is 0 Å². The molecule has 156 valence electrons. The molecule has 0 bridgehead atoms. The topological polar surface area (TPSA) is 97.8 Å². The Morgan fingerprint density at radius 1 is 1.34 bits per heavy atom. The minimum absolute atomic E-state index is 0.0612. The van der Waals surface area contributed by atoms with Crippen molar-refractivity contribution in [1.29, 1.82) is 0 Å². The summed E-state index contributed by atoms with van der Waals surface area (Å²) in [7, 11) is 0. The molecule has 1 aromatic carbocycles. The van der Waals surface area contributed by atoms with Gasteiger partial charge in [0.2, 0.25) is 5.43 Å². The molecular weight excluding hydrogens is 384 g/mol. The molecule has 2 aliphatic rings. The van der Waals surface area contributed by atoms with Crippen molar-refractivity contribution in [1.82, 2.24) is 4.57 Å². The normalized spacial score (nSPS) is 20.3. The van der Waals surface area contributed by atoms with Crippen LogP contribution in [0.1, 0.15) is 43.1 Å². The molecule has 1 atom stereocenters. The first-order valence-corrected chi connectivity index (χ1v) is 9.55. The third-order valence-corrected chi connectivity index (χ3v) is 5.57. The van der Waals surface area contributed by atoms with Crippen molar-refractivity contribution >= 4 is 22.6 Å². The highest BCUT2D eigenvalue weighted by Crippen LogP contribution is 2.40. The van der Waals surface area contributed by atoms with Gasteiger partial charge in [0.25, 0.3) is 0 Å². The lowest BCUT2D eigenvalue weighted by Gasteiger charge is -2.40. The Balaban J connectivity index is 1.91. The van der Waals surface area contributed by atoms with E-state index in [2.05, 4.69) is 0 Å². The first-order chi connectivity index (χ1) is 13.6. The largest absolute Gasteiger partial charge is 0.477 e. The first-order valence-electron chi connectivity index (χ1n) is 9.55. The lowest BCUT2D eigenvalue weighted by Crippen LogP contribution is -2.56. The van der Waals surface area contributed by atoms with E-state index < -0.39 is 40.2 Å². The van der Waals surface area contributed by atoms with Crippen LogP contribution in [0, 0.1) is 11.6 Å². The van der Waals surface area contributed by atoms with Gasteiger partial charge in [-0.2, -0.15) is 0 Å². The second kappa shape index (κ2) is 6.77. The number of anilines is 1. The number of hydrogen-bond donors (Lipinski definition) is 2. The summed E-state index contributed by atoms with van der Waals surface area (Å²) < 4.78 is 37.8. The van der Waals surface area contributed by atoms with Crippen molar-refractivity contribution in [2.24, 2.45) is 5.73 Å². The average Bonchev–Trinajstić information content (AvgIpc) is 3.47. The van der Waals surface area contributed by atoms with Gasteiger partial charge in [0.05, 0.1) is 23.6 Å². The molecule has 3 N–H and O–H groups in total. The van der Waals surface area contributed by atoms with Crippen LogP contribution < -0.4 is 16.1 Å². The van der Waals surface area contributed by atoms with E-state index in [0.29, 0.717) is 0 Å². The van der Waals surface area contributed by atoms with Crippen LogP contribution in [0.5, 0.6) is 0 Å². The number of carbonyl (C=O) groups is 1. The zero-order valence-corrected chi connectivity index (χ0v) is 16.2. The number of hydrogen-bond acceptors (Lipinski definition) is 5. The van der Waals surface area contributed by atoms with Gasteiger partial charge in [-0.05, 0) is 32.8 Å². The van der Waals surface area contributed by atoms with E-state index in [4.69, 9.17) is 10.5 Å². The monoisotopic (exact) mass is 407 g/mol. The maximum Gasteiger partial charge on any atom is 0.341 e. The molecule has 1 saturated heterocycles. The lowest BCUT2D eigenvalue weighted by atomic mass is 9.97. The Hall–Kier alpha value is -2.52. The van der Waals surface area contributed by atoms with Crippen LogP contribution in [0.25, 0.3) is 10.9 Å². The number of halogens is 2. The fourth-order valence-corrected chi connectivity index (χ4v) is 3.82. The Labute approximate surface area is 165 Å². The fraction of sp³-hybridized carbons (Fsp3) is 0.500. The van der Waals surface area contributed by atoms with Crippen molar-refractivity contribution in [3.05, 3.63) is 39.7 Å². The number of carboxylic acids is 1. The summed E-state index contributed by atoms with van der Waals surface area (Å²) in [6, 6.07) is 0.837. The van der Waals surface area contributed by atoms with Crippen LogP contribution in [0.3, 0.4) is 0 Å². The zero-order chi connectivity index (χ0) is 21.1. The van der Waals surface area contributed by atoms with Crippen molar-refractivity contribution in [2.45, 2.75) is 44.4 Å². The van der Waals surface area contributed by atoms with Crippen LogP contribution in [-0.2, 0) is 4.74 Å². The van der Waals surface area contributed by atoms with Gasteiger partial charge in [0, 0.05) is 30.9 Å². The lowest BCUT2D eigenvalue weighted by molar-refractivity contribution is -0.000552. The number of carboxylic acid groups (broad SMARTS) is 1. The molecule has 1 aliphatic carbocycles. The number of rotatable bonds is 4. The van der Waals surface area contributed by atoms with Gasteiger partial charge < -0.3 is 25.0 Å². The Kier molecular flexibility index (Phi) is 4.62. The summed E-state index contributed by atoms with van der Waals surface area (Å²) in [6.45, 7) is 4.30. The number of fused-ring (bicyclic) bond motifs is 1. The van der Waals surface area contributed by atoms with Crippen molar-refractivity contribution in [3.8, 4) is 0 Å². The second-order valence-corrected chi connectivity index (χ2v) is 8.36. The van der Waals surface area contributed by atoms with Gasteiger partial charge in [-0.3, -0.25) is 4.79 Å². The van der Waals surface area contributed by atoms with E-state index in [9.17, 15) is 14.7 Å². The Morgan fingerprint density at radius 3 is 2.62 bits per heavy atom. The van der Waals surface area contributed by atoms with Crippen LogP contribution in [0.15, 0.2) is 17.1 Å². The van der Waals surface area contributed by atoms with Crippen LogP contribution in [0.4, 0.5) is 14.5 Å². The molecule has 1 saturated carbocycles. The zero-order valence-electron chi connectivity index (χ0n) is 16.2. The minimum atomic E-state index is -1.42. The van der Waals surface area contributed by atoms with E-state index in [1.807, 2.05) is 0 Å². The number of nitrogens with zero attached hydrogens (tertiary/aromatic N) is 2. The van der Waals surface area contributed by atoms with E-state index >= 15 is 8.78 Å². The molecule has 0 amide bonds. The third kappa shape index (κ3) is 3.38. The maximum atomic E-state index is 15.6. The number of ether oxygens (including phenoxy) is 1. The SMILES string of the molecule is CC(C)(N)C1CN(c2c(F)cc3c(=O)c(C(=O)O)cn(C4CC4)c3c2F)CCO1. The molecule has 1 unspecified atom stereocenters. The van der Waals surface area contributed by atoms with Crippen molar-refractivity contribution in [3.63, 3.8) is 0 Å². The molecule has 0 spiro atoms. The Bertz CT molecular complexity index is 1060. The van der Waals surface area contributed by atoms with Crippen molar-refractivity contribution < 1.29 is 23.4 Å². The summed E-state index contributed by atoms with van der Waals surface area (Å²) in [4.78, 5) is 25.5. The highest BCUT2D eigenvalue weighted by atomic mass is 19.1. The van der Waals surface area contributed by atoms with Crippen molar-refractivity contribution in [2.75, 3.05) is 24.6 Å². The summed E-state index contributed by atoms with van der Waals surface area (Å²) in [6.07, 6.45) is 2.22. The number of aromatic nitrogens is 1. The second-order valence-electron chi connectivity index (χ2n) is 8.36. The smallest absolute Gasteiger partial charge is 0.341 e. The average molecular weight is 407 g/mol. The van der Waals surface area contributed by atoms with E-state index in [0.717, 1.165) is 18.9 Å². The first kappa shape index (κ1) is 19.8. The molecule has 2 aromatic rings. The van der Waals surface area contributed by atoms with Gasteiger partial charge in [0.15, 0.2) is 5.82 Å². The van der Waals surface area contributed by atoms with E-state index in [1.165, 1.54) is 10.8 Å². The molecule has 7 nitrogen and oxygen atoms in total. The van der Waals surface area contributed by atoms with Gasteiger partial charge >= 0.3 is 5.97 Å². The molecule has 4 rings (SSSR count). The summed E-state index contributed by atoms with van der Waals surface area (Å²) >= 11 is 0. The van der Waals surface area contributed by atoms with Gasteiger partial charge in [-0.25, -0.2) is 13.6 Å². The molecule has 2 heterocycles. The summed E-state index contributed by atoms with van der Waals surface area (Å²) in [5.41, 5.74) is 3.72. The molecule has 2 fully saturated rings. The predicted octanol–water partition coefficient (Wildman–Crippen LogP) is 2.26. The molecule has 29 heavy (non-hydrogen) atoms. The Morgan fingerprint density at radius 2 is 2.03 bits per heavy atom. The highest BCUT2D eigenvalue weighted by Gasteiger charge is 2.35. The molecule has 1 aliphatic heterocycles. The standard InChI is InChI=1S/C20H23F2N3O4/c1-20(2,23)14-9-24(5-6-29-14)17-13(21)7-11-16(15(17)22)25(10-3-4-10)8-12(18(11)26)19(27)28/h7-8,10,14H,3-6,9,23H2,1-2H3,(H,27,28). The minimum Gasteiger partial charge on any atom is -0.477 e. The van der Waals surface area contributed by atoms with Gasteiger partial charge in [-0.1, -0.05) is 0 Å². The van der Waals surface area contributed by atoms with E-state index in [-0.39, 0.29) is 42.3 Å². The summed E-state index contributed by atoms with van der Waals surface area (Å²) in [5.74, 6) is -3.19. The van der Waals surface area contributed by atoms with Gasteiger partial charge in [0.1, 0.15) is 17.1 Å². The molecule has 9 heteroatoms. The molecule has 1 aromatic heterocycles. The predicted molar refractivity (Wildman–Crippen MR) is 104 cm³/mol. The van der Waals surface area contributed by atoms with Gasteiger partial charge in [-0.15, -0.1) is 0 Å². The maximum absolute atomic E-state index is 15.6. The number of aromatic carboxylic acids is 1.